The van der Waals surface area contributed by atoms with Gasteiger partial charge >= 0.3 is 0 Å². The van der Waals surface area contributed by atoms with Crippen LogP contribution in [0.15, 0.2) is 376 Å². The molecule has 5 heterocycles. The fraction of sp³-hybridized carbons (Fsp3) is 0.0377. The summed E-state index contributed by atoms with van der Waals surface area (Å²) in [5, 5.41) is 2.17. The quantitative estimate of drug-likeness (QED) is 0.0658. The van der Waals surface area contributed by atoms with Crippen LogP contribution in [0.25, 0.3) is 151 Å². The van der Waals surface area contributed by atoms with E-state index in [9.17, 15) is 0 Å². The van der Waals surface area contributed by atoms with E-state index in [1.807, 2.05) is 97.1 Å². The van der Waals surface area contributed by atoms with Crippen molar-refractivity contribution in [1.82, 2.24) is 34.5 Å². The molecular weight excluding hydrogens is 1790 g/mol. The third-order valence-electron chi connectivity index (χ3n) is 23.0. The Morgan fingerprint density at radius 1 is 0.261 bits per heavy atom. The average Bonchev–Trinajstić information content (AvgIpc) is 1.27. The third kappa shape index (κ3) is 14.1. The highest BCUT2D eigenvalue weighted by atomic mass is 127. The lowest BCUT2D eigenvalue weighted by molar-refractivity contribution is 0.795. The molecule has 3 aromatic heterocycles. The minimum absolute atomic E-state index is 0.172. The highest BCUT2D eigenvalue weighted by Gasteiger charge is 2.44. The van der Waals surface area contributed by atoms with Crippen molar-refractivity contribution < 1.29 is 0 Å². The first-order valence-electron chi connectivity index (χ1n) is 40.2. The lowest BCUT2D eigenvalue weighted by Gasteiger charge is -2.44. The van der Waals surface area contributed by atoms with Crippen molar-refractivity contribution in [3.05, 3.63) is 392 Å². The van der Waals surface area contributed by atoms with Crippen molar-refractivity contribution in [2.75, 3.05) is 9.80 Å². The Labute approximate surface area is 732 Å². The van der Waals surface area contributed by atoms with Gasteiger partial charge in [0.05, 0.1) is 16.7 Å². The van der Waals surface area contributed by atoms with Crippen LogP contribution < -0.4 is 26.2 Å². The number of para-hydroxylation sites is 1. The summed E-state index contributed by atoms with van der Waals surface area (Å²) in [5.41, 5.74) is 31.1. The predicted octanol–water partition coefficient (Wildman–Crippen LogP) is 26.7. The molecule has 0 saturated heterocycles. The standard InChI is InChI=1S/C106H71BI3N9/c1-2-3-24-67-55-80(57-83(108)56-67)77-43-51-91-96(62-77)117(86-47-39-70(40-48-86)68-25-10-4-11-26-68)98-64-82(65-99-100(98)107(91)92-52-44-78(81-58-84(109)66-85(110)59-81)63-97(92)118(99)87-49-41-71(42-50-87)69-27-12-5-13-28-69)76-45-53-94-89(60-76)88-37-22-23-38-93(88)119(94)95-54-46-79(105-113-101(72-29-14-6-15-30-72)111-102(114-105)73-31-16-7-17-32-73)61-90(95)106-115-103(74-33-18-8-19-34-74)112-104(116-106)75-35-20-9-21-36-75/h4-23,25-66H,2-3,24H2,1H3. The second kappa shape index (κ2) is 31.6. The average molecular weight is 1860 g/mol. The van der Waals surface area contributed by atoms with Gasteiger partial charge in [0.25, 0.3) is 6.71 Å². The van der Waals surface area contributed by atoms with Crippen LogP contribution in [0.2, 0.25) is 0 Å². The molecule has 0 aliphatic carbocycles. The van der Waals surface area contributed by atoms with Crippen molar-refractivity contribution in [2.45, 2.75) is 26.2 Å². The van der Waals surface area contributed by atoms with Crippen LogP contribution in [0.4, 0.5) is 34.1 Å². The molecule has 0 bridgehead atoms. The molecule has 0 unspecified atom stereocenters. The lowest BCUT2D eigenvalue weighted by Crippen LogP contribution is -2.61. The van der Waals surface area contributed by atoms with Gasteiger partial charge in [-0.25, -0.2) is 29.9 Å². The summed E-state index contributed by atoms with van der Waals surface area (Å²) in [7, 11) is 0. The first-order chi connectivity index (χ1) is 58.6. The molecule has 0 N–H and O–H groups in total. The molecule has 0 radical (unpaired) electrons. The number of rotatable bonds is 17. The third-order valence-corrected chi connectivity index (χ3v) is 24.9. The topological polar surface area (TPSA) is 88.8 Å². The van der Waals surface area contributed by atoms with Gasteiger partial charge in [0, 0.05) is 89.0 Å². The zero-order valence-corrected chi connectivity index (χ0v) is 71.1. The molecule has 13 heteroatoms. The molecule has 9 nitrogen and oxygen atoms in total. The highest BCUT2D eigenvalue weighted by Crippen LogP contribution is 2.50. The van der Waals surface area contributed by atoms with Gasteiger partial charge in [-0.15, -0.1) is 0 Å². The van der Waals surface area contributed by atoms with E-state index in [2.05, 4.69) is 368 Å². The Bertz CT molecular complexity index is 6980. The molecule has 0 atom stereocenters. The van der Waals surface area contributed by atoms with E-state index in [0.29, 0.717) is 34.9 Å². The molecular formula is C106H71BI3N9. The maximum atomic E-state index is 5.50. The molecule has 0 spiro atoms. The van der Waals surface area contributed by atoms with Gasteiger partial charge in [0.1, 0.15) is 0 Å². The summed E-state index contributed by atoms with van der Waals surface area (Å²) >= 11 is 7.48. The molecule has 19 aromatic rings. The van der Waals surface area contributed by atoms with E-state index in [4.69, 9.17) is 29.9 Å². The summed E-state index contributed by atoms with van der Waals surface area (Å²) in [6, 6.07) is 136. The molecule has 0 fully saturated rings. The monoisotopic (exact) mass is 1860 g/mol. The first-order valence-corrected chi connectivity index (χ1v) is 43.4. The highest BCUT2D eigenvalue weighted by molar-refractivity contribution is 14.1. The Hall–Kier alpha value is -12.8. The Balaban J connectivity index is 0.813. The summed E-state index contributed by atoms with van der Waals surface area (Å²) < 4.78 is 6.01. The molecule has 0 amide bonds. The predicted molar refractivity (Wildman–Crippen MR) is 518 cm³/mol. The molecule has 21 rings (SSSR count). The number of benzene rings is 16. The number of aromatic nitrogens is 7. The Morgan fingerprint density at radius 3 is 1.10 bits per heavy atom. The van der Waals surface area contributed by atoms with Crippen LogP contribution in [-0.4, -0.2) is 41.2 Å². The minimum atomic E-state index is -0.172. The van der Waals surface area contributed by atoms with E-state index in [-0.39, 0.29) is 6.71 Å². The smallest absolute Gasteiger partial charge is 0.252 e. The zero-order valence-electron chi connectivity index (χ0n) is 64.7. The number of hydrogen-bond donors (Lipinski definition) is 0. The van der Waals surface area contributed by atoms with Gasteiger partial charge in [0.15, 0.2) is 34.9 Å². The first kappa shape index (κ1) is 73.8. The molecule has 119 heavy (non-hydrogen) atoms. The van der Waals surface area contributed by atoms with E-state index in [1.54, 1.807) is 0 Å². The van der Waals surface area contributed by atoms with Gasteiger partial charge in [-0.05, 0) is 273 Å². The van der Waals surface area contributed by atoms with E-state index < -0.39 is 0 Å². The fourth-order valence-electron chi connectivity index (χ4n) is 17.3. The number of unbranched alkanes of at least 4 members (excludes halogenated alkanes) is 1. The normalized spacial score (nSPS) is 12.1. The van der Waals surface area contributed by atoms with Gasteiger partial charge in [-0.1, -0.05) is 274 Å². The number of halogens is 3. The van der Waals surface area contributed by atoms with Crippen LogP contribution in [0.5, 0.6) is 0 Å². The maximum Gasteiger partial charge on any atom is 0.252 e. The number of anilines is 6. The summed E-state index contributed by atoms with van der Waals surface area (Å²) in [4.78, 5) is 37.1. The van der Waals surface area contributed by atoms with Crippen molar-refractivity contribution in [3.63, 3.8) is 0 Å². The van der Waals surface area contributed by atoms with Crippen molar-refractivity contribution in [2.24, 2.45) is 0 Å². The number of fused-ring (bicyclic) bond motifs is 7. The molecule has 16 aromatic carbocycles. The van der Waals surface area contributed by atoms with E-state index in [0.717, 1.165) is 142 Å². The lowest BCUT2D eigenvalue weighted by atomic mass is 9.33. The minimum Gasteiger partial charge on any atom is -0.311 e. The maximum absolute atomic E-state index is 5.50. The van der Waals surface area contributed by atoms with Crippen LogP contribution in [0.3, 0.4) is 0 Å². The number of nitrogens with zero attached hydrogens (tertiary/aromatic N) is 9. The zero-order chi connectivity index (χ0) is 79.6. The summed E-state index contributed by atoms with van der Waals surface area (Å²) in [5.74, 6) is 3.22. The summed E-state index contributed by atoms with van der Waals surface area (Å²) in [6.45, 7) is 2.11. The molecule has 564 valence electrons. The molecule has 2 aliphatic heterocycles. The van der Waals surface area contributed by atoms with Gasteiger partial charge in [-0.2, -0.15) is 0 Å². The van der Waals surface area contributed by atoms with E-state index in [1.165, 1.54) is 60.5 Å². The molecule has 0 saturated carbocycles. The largest absolute Gasteiger partial charge is 0.311 e. The second-order valence-electron chi connectivity index (χ2n) is 30.4. The van der Waals surface area contributed by atoms with E-state index >= 15 is 0 Å². The molecule has 2 aliphatic rings. The van der Waals surface area contributed by atoms with Crippen molar-refractivity contribution >= 4 is 147 Å². The summed E-state index contributed by atoms with van der Waals surface area (Å²) in [6.07, 6.45) is 3.29. The van der Waals surface area contributed by atoms with Gasteiger partial charge in [-0.3, -0.25) is 0 Å². The second-order valence-corrected chi connectivity index (χ2v) is 34.1. The van der Waals surface area contributed by atoms with Crippen molar-refractivity contribution in [1.29, 1.82) is 0 Å². The van der Waals surface area contributed by atoms with Crippen LogP contribution in [0.1, 0.15) is 25.3 Å². The van der Waals surface area contributed by atoms with Crippen LogP contribution in [0, 0.1) is 10.7 Å². The Kier molecular flexibility index (Phi) is 19.6. The SMILES string of the molecule is CCCCc1cc(I)cc(-c2ccc3c(c2)N(c2ccc(-c4ccccc4)cc2)c2cc(-c4ccc5c(c4)c4ccccc4n5-c4ccc(-c5nc(-c6ccccc6)nc(-c6ccccc6)n5)cc4-c4nc(-c5ccccc5)nc(-c5ccccc5)n4)cc4c2B3c2ccc(-c3cc(I)cc(I)c3)cc2N4c2ccc(-c3ccccc3)cc2)c1. The Morgan fingerprint density at radius 2 is 0.622 bits per heavy atom. The van der Waals surface area contributed by atoms with Crippen LogP contribution >= 0.6 is 67.8 Å². The van der Waals surface area contributed by atoms with Crippen molar-refractivity contribution in [3.8, 4) is 130 Å². The number of aryl methyl sites for hydroxylation is 1. The van der Waals surface area contributed by atoms with Crippen LogP contribution in [-0.2, 0) is 6.42 Å². The fourth-order valence-corrected chi connectivity index (χ4v) is 20.0. The number of hydrogen-bond acceptors (Lipinski definition) is 8. The van der Waals surface area contributed by atoms with Gasteiger partial charge in [0.2, 0.25) is 0 Å². The van der Waals surface area contributed by atoms with Gasteiger partial charge < -0.3 is 14.4 Å².